The van der Waals surface area contributed by atoms with Gasteiger partial charge < -0.3 is 10.2 Å². The molecule has 0 unspecified atom stereocenters. The first kappa shape index (κ1) is 12.6. The summed E-state index contributed by atoms with van der Waals surface area (Å²) in [7, 11) is 0. The second kappa shape index (κ2) is 6.17. The van der Waals surface area contributed by atoms with Gasteiger partial charge in [-0.2, -0.15) is 5.10 Å². The van der Waals surface area contributed by atoms with E-state index in [-0.39, 0.29) is 0 Å². The van der Waals surface area contributed by atoms with Gasteiger partial charge >= 0.3 is 0 Å². The lowest BCUT2D eigenvalue weighted by molar-refractivity contribution is 0.237. The monoisotopic (exact) mass is 258 g/mol. The highest BCUT2D eigenvalue weighted by molar-refractivity contribution is 5.81. The molecule has 1 aromatic heterocycles. The Balaban J connectivity index is 1.47. The second-order valence-electron chi connectivity index (χ2n) is 5.27. The molecule has 1 saturated heterocycles. The summed E-state index contributed by atoms with van der Waals surface area (Å²) in [6.45, 7) is 5.92. The number of nitrogens with zero attached hydrogens (tertiary/aromatic N) is 2. The van der Waals surface area contributed by atoms with Crippen molar-refractivity contribution in [2.75, 3.05) is 32.7 Å². The quantitative estimate of drug-likeness (QED) is 0.804. The summed E-state index contributed by atoms with van der Waals surface area (Å²) in [5.74, 6) is 0. The summed E-state index contributed by atoms with van der Waals surface area (Å²) in [5.41, 5.74) is 2.37. The van der Waals surface area contributed by atoms with Gasteiger partial charge in [0.15, 0.2) is 0 Å². The van der Waals surface area contributed by atoms with Crippen LogP contribution in [-0.4, -0.2) is 47.8 Å². The molecule has 102 valence electrons. The molecule has 0 spiro atoms. The molecule has 2 aromatic rings. The molecular formula is C15H22N4. The van der Waals surface area contributed by atoms with Gasteiger partial charge in [-0.15, -0.1) is 0 Å². The maximum atomic E-state index is 4.34. The first-order valence-electron chi connectivity index (χ1n) is 7.28. The highest BCUT2D eigenvalue weighted by atomic mass is 15.2. The maximum absolute atomic E-state index is 4.34. The summed E-state index contributed by atoms with van der Waals surface area (Å²) in [4.78, 5) is 2.56. The van der Waals surface area contributed by atoms with Crippen LogP contribution in [0.1, 0.15) is 18.5 Å². The van der Waals surface area contributed by atoms with E-state index in [2.05, 4.69) is 38.6 Å². The van der Waals surface area contributed by atoms with Crippen LogP contribution in [0.15, 0.2) is 24.3 Å². The molecular weight excluding hydrogens is 236 g/mol. The molecule has 4 heteroatoms. The molecule has 0 aliphatic carbocycles. The summed E-state index contributed by atoms with van der Waals surface area (Å²) >= 11 is 0. The summed E-state index contributed by atoms with van der Waals surface area (Å²) in [6.07, 6.45) is 3.61. The van der Waals surface area contributed by atoms with E-state index >= 15 is 0 Å². The first-order chi connectivity index (χ1) is 9.43. The molecule has 3 rings (SSSR count). The van der Waals surface area contributed by atoms with Crippen LogP contribution in [0.5, 0.6) is 0 Å². The van der Waals surface area contributed by atoms with Crippen molar-refractivity contribution in [3.05, 3.63) is 30.0 Å². The Morgan fingerprint density at radius 2 is 1.95 bits per heavy atom. The smallest absolute Gasteiger partial charge is 0.0923 e. The Bertz CT molecular complexity index is 514. The zero-order valence-electron chi connectivity index (χ0n) is 11.4. The highest BCUT2D eigenvalue weighted by Crippen LogP contribution is 2.16. The van der Waals surface area contributed by atoms with Crippen molar-refractivity contribution in [2.45, 2.75) is 19.3 Å². The number of aromatic amines is 1. The van der Waals surface area contributed by atoms with E-state index in [0.29, 0.717) is 0 Å². The van der Waals surface area contributed by atoms with Gasteiger partial charge in [-0.25, -0.2) is 0 Å². The number of para-hydroxylation sites is 1. The number of benzene rings is 1. The Hall–Kier alpha value is -1.39. The normalized spacial score (nSPS) is 17.1. The number of hydrogen-bond donors (Lipinski definition) is 2. The molecule has 0 bridgehead atoms. The molecule has 2 N–H and O–H groups in total. The molecule has 0 radical (unpaired) electrons. The molecule has 1 aliphatic heterocycles. The van der Waals surface area contributed by atoms with E-state index in [1.165, 1.54) is 43.6 Å². The zero-order chi connectivity index (χ0) is 12.9. The Morgan fingerprint density at radius 1 is 1.11 bits per heavy atom. The highest BCUT2D eigenvalue weighted by Gasteiger charge is 2.09. The number of H-pyrrole nitrogens is 1. The number of unbranched alkanes of at least 4 members (excludes halogenated alkanes) is 1. The van der Waals surface area contributed by atoms with Gasteiger partial charge in [-0.05, 0) is 31.9 Å². The van der Waals surface area contributed by atoms with Crippen LogP contribution in [0, 0.1) is 0 Å². The summed E-state index contributed by atoms with van der Waals surface area (Å²) in [6, 6.07) is 8.35. The van der Waals surface area contributed by atoms with E-state index in [1.54, 1.807) is 0 Å². The van der Waals surface area contributed by atoms with Gasteiger partial charge in [0.05, 0.1) is 5.52 Å². The summed E-state index contributed by atoms with van der Waals surface area (Å²) < 4.78 is 0. The Kier molecular flexibility index (Phi) is 4.10. The Morgan fingerprint density at radius 3 is 2.84 bits per heavy atom. The van der Waals surface area contributed by atoms with Crippen molar-refractivity contribution in [2.24, 2.45) is 0 Å². The van der Waals surface area contributed by atoms with Crippen molar-refractivity contribution >= 4 is 10.9 Å². The van der Waals surface area contributed by atoms with Gasteiger partial charge in [0, 0.05) is 37.3 Å². The molecule has 4 nitrogen and oxygen atoms in total. The SMILES string of the molecule is c1ccc2c(CCCCN3CCNCC3)[nH]nc2c1. The van der Waals surface area contributed by atoms with Crippen molar-refractivity contribution < 1.29 is 0 Å². The average Bonchev–Trinajstić information content (AvgIpc) is 2.88. The van der Waals surface area contributed by atoms with Crippen LogP contribution in [-0.2, 0) is 6.42 Å². The third-order valence-electron chi connectivity index (χ3n) is 3.90. The fourth-order valence-corrected chi connectivity index (χ4v) is 2.78. The fourth-order valence-electron chi connectivity index (χ4n) is 2.78. The van der Waals surface area contributed by atoms with Gasteiger partial charge in [-0.1, -0.05) is 18.2 Å². The van der Waals surface area contributed by atoms with Gasteiger partial charge in [0.2, 0.25) is 0 Å². The molecule has 1 fully saturated rings. The maximum Gasteiger partial charge on any atom is 0.0923 e. The van der Waals surface area contributed by atoms with Gasteiger partial charge in [-0.3, -0.25) is 5.10 Å². The Labute approximate surface area is 114 Å². The molecule has 0 amide bonds. The van der Waals surface area contributed by atoms with Gasteiger partial charge in [0.1, 0.15) is 0 Å². The predicted molar refractivity (Wildman–Crippen MR) is 78.3 cm³/mol. The fraction of sp³-hybridized carbons (Fsp3) is 0.533. The van der Waals surface area contributed by atoms with E-state index in [4.69, 9.17) is 0 Å². The molecule has 0 saturated carbocycles. The van der Waals surface area contributed by atoms with E-state index in [0.717, 1.165) is 25.0 Å². The largest absolute Gasteiger partial charge is 0.314 e. The van der Waals surface area contributed by atoms with E-state index in [9.17, 15) is 0 Å². The van der Waals surface area contributed by atoms with Crippen LogP contribution >= 0.6 is 0 Å². The second-order valence-corrected chi connectivity index (χ2v) is 5.27. The number of hydrogen-bond acceptors (Lipinski definition) is 3. The minimum atomic E-state index is 1.08. The van der Waals surface area contributed by atoms with Crippen molar-refractivity contribution in [1.29, 1.82) is 0 Å². The van der Waals surface area contributed by atoms with Crippen LogP contribution in [0.2, 0.25) is 0 Å². The minimum absolute atomic E-state index is 1.08. The van der Waals surface area contributed by atoms with Crippen LogP contribution < -0.4 is 5.32 Å². The molecule has 1 aromatic carbocycles. The number of piperazine rings is 1. The van der Waals surface area contributed by atoms with Crippen LogP contribution in [0.4, 0.5) is 0 Å². The lowest BCUT2D eigenvalue weighted by Gasteiger charge is -2.26. The predicted octanol–water partition coefficient (Wildman–Crippen LogP) is 1.79. The molecule has 19 heavy (non-hydrogen) atoms. The van der Waals surface area contributed by atoms with Crippen molar-refractivity contribution in [3.63, 3.8) is 0 Å². The molecule has 2 heterocycles. The number of rotatable bonds is 5. The topological polar surface area (TPSA) is 44.0 Å². The molecule has 0 atom stereocenters. The number of nitrogens with one attached hydrogen (secondary N) is 2. The third kappa shape index (κ3) is 3.14. The minimum Gasteiger partial charge on any atom is -0.314 e. The first-order valence-corrected chi connectivity index (χ1v) is 7.28. The number of aromatic nitrogens is 2. The van der Waals surface area contributed by atoms with Crippen LogP contribution in [0.3, 0.4) is 0 Å². The van der Waals surface area contributed by atoms with E-state index in [1.807, 2.05) is 6.07 Å². The zero-order valence-corrected chi connectivity index (χ0v) is 11.4. The lowest BCUT2D eigenvalue weighted by Crippen LogP contribution is -2.43. The van der Waals surface area contributed by atoms with E-state index < -0.39 is 0 Å². The number of fused-ring (bicyclic) bond motifs is 1. The summed E-state index contributed by atoms with van der Waals surface area (Å²) in [5, 5.41) is 12.2. The van der Waals surface area contributed by atoms with Gasteiger partial charge in [0.25, 0.3) is 0 Å². The molecule has 1 aliphatic rings. The number of aryl methyl sites for hydroxylation is 1. The van der Waals surface area contributed by atoms with Crippen LogP contribution in [0.25, 0.3) is 10.9 Å². The van der Waals surface area contributed by atoms with Crippen molar-refractivity contribution in [3.8, 4) is 0 Å². The average molecular weight is 258 g/mol. The van der Waals surface area contributed by atoms with Crippen molar-refractivity contribution in [1.82, 2.24) is 20.4 Å². The standard InChI is InChI=1S/C15H22N4/c1-2-6-14-13(5-1)15(18-17-14)7-3-4-10-19-11-8-16-9-12-19/h1-2,5-6,16H,3-4,7-12H2,(H,17,18). The lowest BCUT2D eigenvalue weighted by atomic mass is 10.1. The third-order valence-corrected chi connectivity index (χ3v) is 3.90.